The zero-order valence-electron chi connectivity index (χ0n) is 19.0. The molecule has 2 amide bonds. The van der Waals surface area contributed by atoms with Crippen LogP contribution in [0, 0.1) is 0 Å². The van der Waals surface area contributed by atoms with Crippen molar-refractivity contribution in [1.82, 2.24) is 10.2 Å². The largest absolute Gasteiger partial charge is 0.357 e. The molecule has 1 N–H and O–H groups in total. The molecule has 0 unspecified atom stereocenters. The van der Waals surface area contributed by atoms with Gasteiger partial charge in [-0.1, -0.05) is 81.2 Å². The highest BCUT2D eigenvalue weighted by Crippen LogP contribution is 2.25. The summed E-state index contributed by atoms with van der Waals surface area (Å²) in [6.45, 7) is 8.73. The van der Waals surface area contributed by atoms with Gasteiger partial charge < -0.3 is 10.2 Å². The monoisotopic (exact) mass is 462 g/mol. The van der Waals surface area contributed by atoms with Crippen molar-refractivity contribution < 1.29 is 9.59 Å². The van der Waals surface area contributed by atoms with Gasteiger partial charge in [0.2, 0.25) is 11.8 Å². The van der Waals surface area contributed by atoms with E-state index in [-0.39, 0.29) is 17.2 Å². The molecule has 1 atom stereocenters. The second kappa shape index (κ2) is 11.0. The highest BCUT2D eigenvalue weighted by atomic mass is 35.5. The van der Waals surface area contributed by atoms with Crippen molar-refractivity contribution in [2.45, 2.75) is 65.0 Å². The number of benzene rings is 2. The fraction of sp³-hybridized carbons (Fsp3) is 0.440. The topological polar surface area (TPSA) is 49.4 Å². The third-order valence-electron chi connectivity index (χ3n) is 5.42. The lowest BCUT2D eigenvalue weighted by molar-refractivity contribution is -0.141. The zero-order valence-corrected chi connectivity index (χ0v) is 20.5. The average Bonchev–Trinajstić information content (AvgIpc) is 2.73. The summed E-state index contributed by atoms with van der Waals surface area (Å²) in [6.07, 6.45) is 1.46. The van der Waals surface area contributed by atoms with Crippen LogP contribution >= 0.6 is 23.2 Å². The number of carbonyl (C=O) groups excluding carboxylic acids is 2. The van der Waals surface area contributed by atoms with Crippen LogP contribution in [0.5, 0.6) is 0 Å². The molecule has 0 spiro atoms. The standard InChI is InChI=1S/C25H32Cl2N2O2/c1-6-22(24(31)28-5)29(16-18-9-13-20(26)21(27)15-18)23(30)14-10-17-7-11-19(12-8-17)25(2,3)4/h7-9,11-13,15,22H,6,10,14,16H2,1-5H3,(H,28,31)/t22-/m1/s1. The Morgan fingerprint density at radius 2 is 1.61 bits per heavy atom. The lowest BCUT2D eigenvalue weighted by Gasteiger charge is -2.30. The van der Waals surface area contributed by atoms with Gasteiger partial charge in [0.15, 0.2) is 0 Å². The predicted molar refractivity (Wildman–Crippen MR) is 129 cm³/mol. The van der Waals surface area contributed by atoms with Crippen molar-refractivity contribution in [3.63, 3.8) is 0 Å². The molecular weight excluding hydrogens is 431 g/mol. The van der Waals surface area contributed by atoms with Crippen LogP contribution in [0.3, 0.4) is 0 Å². The number of nitrogens with one attached hydrogen (secondary N) is 1. The Morgan fingerprint density at radius 1 is 1.00 bits per heavy atom. The van der Waals surface area contributed by atoms with Crippen LogP contribution in [0.15, 0.2) is 42.5 Å². The molecule has 2 aromatic carbocycles. The van der Waals surface area contributed by atoms with Gasteiger partial charge in [0.1, 0.15) is 6.04 Å². The number of rotatable bonds is 8. The summed E-state index contributed by atoms with van der Waals surface area (Å²) in [5.41, 5.74) is 3.28. The molecule has 4 nitrogen and oxygen atoms in total. The number of likely N-dealkylation sites (N-methyl/N-ethyl adjacent to an activating group) is 1. The quantitative estimate of drug-likeness (QED) is 0.540. The van der Waals surface area contributed by atoms with E-state index in [1.54, 1.807) is 24.1 Å². The first kappa shape index (κ1) is 25.2. The summed E-state index contributed by atoms with van der Waals surface area (Å²) in [6, 6.07) is 13.1. The highest BCUT2D eigenvalue weighted by molar-refractivity contribution is 6.42. The lowest BCUT2D eigenvalue weighted by Crippen LogP contribution is -2.48. The first-order valence-electron chi connectivity index (χ1n) is 10.6. The maximum atomic E-state index is 13.2. The molecule has 0 saturated carbocycles. The number of amides is 2. The number of hydrogen-bond donors (Lipinski definition) is 1. The second-order valence-corrected chi connectivity index (χ2v) is 9.57. The van der Waals surface area contributed by atoms with E-state index in [4.69, 9.17) is 23.2 Å². The maximum absolute atomic E-state index is 13.2. The van der Waals surface area contributed by atoms with E-state index in [0.717, 1.165) is 11.1 Å². The van der Waals surface area contributed by atoms with Gasteiger partial charge in [0, 0.05) is 20.0 Å². The third-order valence-corrected chi connectivity index (χ3v) is 6.16. The first-order valence-corrected chi connectivity index (χ1v) is 11.4. The molecule has 0 bridgehead atoms. The first-order chi connectivity index (χ1) is 14.6. The van der Waals surface area contributed by atoms with Crippen molar-refractivity contribution in [1.29, 1.82) is 0 Å². The van der Waals surface area contributed by atoms with Crippen LogP contribution in [-0.4, -0.2) is 29.8 Å². The Hall–Kier alpha value is -2.04. The van der Waals surface area contributed by atoms with E-state index in [1.807, 2.05) is 13.0 Å². The van der Waals surface area contributed by atoms with E-state index in [1.165, 1.54) is 5.56 Å². The van der Waals surface area contributed by atoms with E-state index in [9.17, 15) is 9.59 Å². The summed E-state index contributed by atoms with van der Waals surface area (Å²) in [4.78, 5) is 27.3. The summed E-state index contributed by atoms with van der Waals surface area (Å²) in [5.74, 6) is -0.244. The molecule has 0 aromatic heterocycles. The minimum Gasteiger partial charge on any atom is -0.357 e. The van der Waals surface area contributed by atoms with Gasteiger partial charge in [-0.25, -0.2) is 0 Å². The van der Waals surface area contributed by atoms with Crippen molar-refractivity contribution in [2.75, 3.05) is 7.05 Å². The average molecular weight is 463 g/mol. The van der Waals surface area contributed by atoms with Crippen molar-refractivity contribution >= 4 is 35.0 Å². The fourth-order valence-electron chi connectivity index (χ4n) is 3.49. The van der Waals surface area contributed by atoms with Gasteiger partial charge in [-0.05, 0) is 47.1 Å². The Bertz CT molecular complexity index is 905. The molecule has 6 heteroatoms. The Morgan fingerprint density at radius 3 is 2.13 bits per heavy atom. The molecule has 168 valence electrons. The maximum Gasteiger partial charge on any atom is 0.242 e. The molecule has 31 heavy (non-hydrogen) atoms. The Kier molecular flexibility index (Phi) is 8.96. The molecule has 2 rings (SSSR count). The SMILES string of the molecule is CC[C@H](C(=O)NC)N(Cc1ccc(Cl)c(Cl)c1)C(=O)CCc1ccc(C(C)(C)C)cc1. The molecule has 0 aliphatic carbocycles. The molecule has 0 fully saturated rings. The van der Waals surface area contributed by atoms with E-state index in [2.05, 4.69) is 50.4 Å². The van der Waals surface area contributed by atoms with E-state index in [0.29, 0.717) is 35.9 Å². The van der Waals surface area contributed by atoms with Crippen LogP contribution < -0.4 is 5.32 Å². The number of carbonyl (C=O) groups is 2. The second-order valence-electron chi connectivity index (χ2n) is 8.76. The summed E-state index contributed by atoms with van der Waals surface area (Å²) in [7, 11) is 1.59. The Balaban J connectivity index is 2.18. The summed E-state index contributed by atoms with van der Waals surface area (Å²) >= 11 is 12.2. The van der Waals surface area contributed by atoms with Gasteiger partial charge >= 0.3 is 0 Å². The number of halogens is 2. The molecule has 0 aliphatic rings. The predicted octanol–water partition coefficient (Wildman–Crippen LogP) is 5.78. The fourth-order valence-corrected chi connectivity index (χ4v) is 3.81. The molecule has 0 aliphatic heterocycles. The normalized spacial score (nSPS) is 12.4. The van der Waals surface area contributed by atoms with Crippen molar-refractivity contribution in [2.24, 2.45) is 0 Å². The minimum atomic E-state index is -0.546. The molecule has 2 aromatic rings. The Labute approximate surface area is 195 Å². The van der Waals surface area contributed by atoms with Crippen molar-refractivity contribution in [3.8, 4) is 0 Å². The molecule has 0 heterocycles. The summed E-state index contributed by atoms with van der Waals surface area (Å²) < 4.78 is 0. The number of hydrogen-bond acceptors (Lipinski definition) is 2. The molecule has 0 radical (unpaired) electrons. The van der Waals surface area contributed by atoms with Gasteiger partial charge in [-0.2, -0.15) is 0 Å². The van der Waals surface area contributed by atoms with Crippen molar-refractivity contribution in [3.05, 3.63) is 69.2 Å². The van der Waals surface area contributed by atoms with Gasteiger partial charge in [-0.15, -0.1) is 0 Å². The highest BCUT2D eigenvalue weighted by Gasteiger charge is 2.28. The zero-order chi connectivity index (χ0) is 23.2. The van der Waals surface area contributed by atoms with Gasteiger partial charge in [0.25, 0.3) is 0 Å². The van der Waals surface area contributed by atoms with Crippen LogP contribution in [0.4, 0.5) is 0 Å². The molecule has 0 saturated heterocycles. The van der Waals surface area contributed by atoms with Gasteiger partial charge in [0.05, 0.1) is 10.0 Å². The number of nitrogens with zero attached hydrogens (tertiary/aromatic N) is 1. The van der Waals surface area contributed by atoms with E-state index >= 15 is 0 Å². The van der Waals surface area contributed by atoms with Crippen LogP contribution in [-0.2, 0) is 28.0 Å². The van der Waals surface area contributed by atoms with Crippen LogP contribution in [0.2, 0.25) is 10.0 Å². The minimum absolute atomic E-state index is 0.0681. The van der Waals surface area contributed by atoms with Crippen LogP contribution in [0.1, 0.15) is 57.2 Å². The lowest BCUT2D eigenvalue weighted by atomic mass is 9.86. The van der Waals surface area contributed by atoms with Gasteiger partial charge in [-0.3, -0.25) is 9.59 Å². The van der Waals surface area contributed by atoms with E-state index < -0.39 is 6.04 Å². The number of aryl methyl sites for hydroxylation is 1. The third kappa shape index (κ3) is 6.98. The molecular formula is C25H32Cl2N2O2. The summed E-state index contributed by atoms with van der Waals surface area (Å²) in [5, 5.41) is 3.56. The smallest absolute Gasteiger partial charge is 0.242 e. The van der Waals surface area contributed by atoms with Crippen LogP contribution in [0.25, 0.3) is 0 Å².